The Balaban J connectivity index is 1.49. The number of anilines is 1. The van der Waals surface area contributed by atoms with Crippen molar-refractivity contribution in [1.29, 1.82) is 0 Å². The van der Waals surface area contributed by atoms with Gasteiger partial charge in [0.2, 0.25) is 5.91 Å². The zero-order valence-corrected chi connectivity index (χ0v) is 15.6. The molecule has 1 unspecified atom stereocenters. The van der Waals surface area contributed by atoms with Gasteiger partial charge in [-0.1, -0.05) is 0 Å². The molecule has 0 radical (unpaired) electrons. The predicted octanol–water partition coefficient (Wildman–Crippen LogP) is 2.88. The van der Waals surface area contributed by atoms with Crippen LogP contribution >= 0.6 is 11.3 Å². The van der Waals surface area contributed by atoms with E-state index in [2.05, 4.69) is 15.4 Å². The number of aromatic nitrogens is 3. The second-order valence-electron chi connectivity index (χ2n) is 6.41. The first-order valence-electron chi connectivity index (χ1n) is 8.76. The summed E-state index contributed by atoms with van der Waals surface area (Å²) in [6, 6.07) is 8.77. The second-order valence-corrected chi connectivity index (χ2v) is 7.31. The minimum atomic E-state index is -0.463. The summed E-state index contributed by atoms with van der Waals surface area (Å²) in [6.07, 6.45) is 4.85. The molecule has 0 aliphatic carbocycles. The Kier molecular flexibility index (Phi) is 4.72. The minimum Gasteiger partial charge on any atom is -0.327 e. The van der Waals surface area contributed by atoms with Gasteiger partial charge in [-0.25, -0.2) is 9.67 Å². The molecule has 8 heteroatoms. The largest absolute Gasteiger partial charge is 0.327 e. The molecule has 2 aromatic heterocycles. The molecular formula is C19H19N5O2S. The molecule has 0 saturated carbocycles. The Morgan fingerprint density at radius 2 is 2.00 bits per heavy atom. The number of nitrogens with zero attached hydrogens (tertiary/aromatic N) is 4. The van der Waals surface area contributed by atoms with Gasteiger partial charge in [-0.15, -0.1) is 11.3 Å². The quantitative estimate of drug-likeness (QED) is 0.754. The van der Waals surface area contributed by atoms with Gasteiger partial charge in [0.1, 0.15) is 6.04 Å². The van der Waals surface area contributed by atoms with E-state index < -0.39 is 6.04 Å². The Bertz CT molecular complexity index is 949. The van der Waals surface area contributed by atoms with Crippen LogP contribution in [-0.2, 0) is 4.79 Å². The number of nitrogens with one attached hydrogen (secondary N) is 1. The molecule has 3 heterocycles. The molecule has 138 valence electrons. The first-order valence-corrected chi connectivity index (χ1v) is 9.64. The number of hydrogen-bond acceptors (Lipinski definition) is 5. The number of likely N-dealkylation sites (tertiary alicyclic amines) is 1. The van der Waals surface area contributed by atoms with Crippen LogP contribution in [0.25, 0.3) is 5.69 Å². The smallest absolute Gasteiger partial charge is 0.254 e. The minimum absolute atomic E-state index is 0.129. The van der Waals surface area contributed by atoms with Gasteiger partial charge in [-0.3, -0.25) is 9.59 Å². The van der Waals surface area contributed by atoms with Crippen LogP contribution in [-0.4, -0.2) is 44.1 Å². The SMILES string of the molecule is Cc1ccnn1-c1ccc(C(=O)N2CCCC2C(=O)Nc2nccs2)cc1. The molecule has 0 bridgehead atoms. The molecule has 0 spiro atoms. The summed E-state index contributed by atoms with van der Waals surface area (Å²) in [5.41, 5.74) is 2.48. The Labute approximate surface area is 160 Å². The van der Waals surface area contributed by atoms with E-state index in [1.807, 2.05) is 29.8 Å². The van der Waals surface area contributed by atoms with E-state index in [1.54, 1.807) is 34.8 Å². The van der Waals surface area contributed by atoms with Crippen molar-refractivity contribution in [1.82, 2.24) is 19.7 Å². The van der Waals surface area contributed by atoms with E-state index in [0.29, 0.717) is 23.7 Å². The van der Waals surface area contributed by atoms with Crippen molar-refractivity contribution < 1.29 is 9.59 Å². The summed E-state index contributed by atoms with van der Waals surface area (Å²) < 4.78 is 1.81. The first kappa shape index (κ1) is 17.4. The molecule has 1 saturated heterocycles. The molecule has 2 amide bonds. The van der Waals surface area contributed by atoms with Crippen LogP contribution in [0.1, 0.15) is 28.9 Å². The van der Waals surface area contributed by atoms with Gasteiger partial charge in [0.25, 0.3) is 5.91 Å². The highest BCUT2D eigenvalue weighted by Gasteiger charge is 2.34. The first-order chi connectivity index (χ1) is 13.1. The van der Waals surface area contributed by atoms with E-state index in [9.17, 15) is 9.59 Å². The average molecular weight is 381 g/mol. The van der Waals surface area contributed by atoms with Crippen LogP contribution in [0.2, 0.25) is 0 Å². The molecular weight excluding hydrogens is 362 g/mol. The van der Waals surface area contributed by atoms with Crippen LogP contribution in [0.5, 0.6) is 0 Å². The van der Waals surface area contributed by atoms with Crippen LogP contribution in [0.4, 0.5) is 5.13 Å². The van der Waals surface area contributed by atoms with E-state index in [0.717, 1.165) is 17.8 Å². The molecule has 1 aliphatic heterocycles. The van der Waals surface area contributed by atoms with E-state index >= 15 is 0 Å². The fourth-order valence-corrected chi connectivity index (χ4v) is 3.84. The van der Waals surface area contributed by atoms with Crippen LogP contribution in [0, 0.1) is 6.92 Å². The molecule has 1 atom stereocenters. The van der Waals surface area contributed by atoms with E-state index in [-0.39, 0.29) is 11.8 Å². The Morgan fingerprint density at radius 3 is 2.67 bits per heavy atom. The Morgan fingerprint density at radius 1 is 1.19 bits per heavy atom. The van der Waals surface area contributed by atoms with Crippen LogP contribution in [0.3, 0.4) is 0 Å². The lowest BCUT2D eigenvalue weighted by Crippen LogP contribution is -2.43. The third-order valence-corrected chi connectivity index (χ3v) is 5.36. The Hall–Kier alpha value is -3.00. The van der Waals surface area contributed by atoms with Crippen molar-refractivity contribution in [2.24, 2.45) is 0 Å². The number of thiazole rings is 1. The summed E-state index contributed by atoms with van der Waals surface area (Å²) >= 11 is 1.36. The summed E-state index contributed by atoms with van der Waals surface area (Å²) in [4.78, 5) is 31.2. The molecule has 1 fully saturated rings. The molecule has 1 aromatic carbocycles. The second kappa shape index (κ2) is 7.32. The average Bonchev–Trinajstić information content (AvgIpc) is 3.43. The lowest BCUT2D eigenvalue weighted by Gasteiger charge is -2.23. The monoisotopic (exact) mass is 381 g/mol. The molecule has 1 aliphatic rings. The van der Waals surface area contributed by atoms with Crippen molar-refractivity contribution in [3.63, 3.8) is 0 Å². The normalized spacial score (nSPS) is 16.5. The van der Waals surface area contributed by atoms with Gasteiger partial charge in [-0.05, 0) is 50.1 Å². The number of amides is 2. The maximum atomic E-state index is 12.9. The van der Waals surface area contributed by atoms with Gasteiger partial charge in [0, 0.05) is 35.6 Å². The van der Waals surface area contributed by atoms with Crippen molar-refractivity contribution in [3.8, 4) is 5.69 Å². The number of aryl methyl sites for hydroxylation is 1. The van der Waals surface area contributed by atoms with Gasteiger partial charge < -0.3 is 10.2 Å². The molecule has 27 heavy (non-hydrogen) atoms. The van der Waals surface area contributed by atoms with Crippen molar-refractivity contribution in [2.75, 3.05) is 11.9 Å². The third-order valence-electron chi connectivity index (χ3n) is 4.67. The summed E-state index contributed by atoms with van der Waals surface area (Å²) in [7, 11) is 0. The maximum absolute atomic E-state index is 12.9. The molecule has 4 rings (SSSR count). The lowest BCUT2D eigenvalue weighted by atomic mass is 10.1. The van der Waals surface area contributed by atoms with Gasteiger partial charge in [-0.2, -0.15) is 5.10 Å². The zero-order valence-electron chi connectivity index (χ0n) is 14.8. The molecule has 1 N–H and O–H groups in total. The predicted molar refractivity (Wildman–Crippen MR) is 103 cm³/mol. The lowest BCUT2D eigenvalue weighted by molar-refractivity contribution is -0.119. The highest BCUT2D eigenvalue weighted by Crippen LogP contribution is 2.23. The standard InChI is InChI=1S/C19H19N5O2S/c1-13-8-9-21-24(13)15-6-4-14(5-7-15)18(26)23-11-2-3-16(23)17(25)22-19-20-10-12-27-19/h4-10,12,16H,2-3,11H2,1H3,(H,20,22,25). The number of rotatable bonds is 4. The zero-order chi connectivity index (χ0) is 18.8. The fraction of sp³-hybridized carbons (Fsp3) is 0.263. The highest BCUT2D eigenvalue weighted by molar-refractivity contribution is 7.13. The van der Waals surface area contributed by atoms with Gasteiger partial charge in [0.15, 0.2) is 5.13 Å². The number of carbonyl (C=O) groups is 2. The summed E-state index contributed by atoms with van der Waals surface area (Å²) in [5.74, 6) is -0.310. The van der Waals surface area contributed by atoms with E-state index in [1.165, 1.54) is 11.3 Å². The van der Waals surface area contributed by atoms with Crippen molar-refractivity contribution in [3.05, 3.63) is 59.4 Å². The topological polar surface area (TPSA) is 80.1 Å². The molecule has 3 aromatic rings. The molecule has 7 nitrogen and oxygen atoms in total. The van der Waals surface area contributed by atoms with Crippen LogP contribution in [0.15, 0.2) is 48.1 Å². The van der Waals surface area contributed by atoms with Crippen LogP contribution < -0.4 is 5.32 Å². The fourth-order valence-electron chi connectivity index (χ4n) is 3.31. The third kappa shape index (κ3) is 3.48. The van der Waals surface area contributed by atoms with Gasteiger partial charge >= 0.3 is 0 Å². The van der Waals surface area contributed by atoms with Gasteiger partial charge in [0.05, 0.1) is 5.69 Å². The highest BCUT2D eigenvalue weighted by atomic mass is 32.1. The van der Waals surface area contributed by atoms with Crippen molar-refractivity contribution >= 4 is 28.3 Å². The maximum Gasteiger partial charge on any atom is 0.254 e. The van der Waals surface area contributed by atoms with E-state index in [4.69, 9.17) is 0 Å². The number of hydrogen-bond donors (Lipinski definition) is 1. The summed E-state index contributed by atoms with van der Waals surface area (Å²) in [6.45, 7) is 2.55. The number of carbonyl (C=O) groups excluding carboxylic acids is 2. The number of benzene rings is 1. The summed E-state index contributed by atoms with van der Waals surface area (Å²) in [5, 5.41) is 9.42. The van der Waals surface area contributed by atoms with Crippen molar-refractivity contribution in [2.45, 2.75) is 25.8 Å².